The third-order valence-electron chi connectivity index (χ3n) is 7.96. The van der Waals surface area contributed by atoms with E-state index in [1.54, 1.807) is 30.3 Å². The summed E-state index contributed by atoms with van der Waals surface area (Å²) in [4.78, 5) is 36.6. The summed E-state index contributed by atoms with van der Waals surface area (Å²) in [5.74, 6) is 0.393. The third-order valence-corrected chi connectivity index (χ3v) is 7.96. The Morgan fingerprint density at radius 3 is 2.28 bits per heavy atom. The van der Waals surface area contributed by atoms with E-state index in [0.717, 1.165) is 23.4 Å². The van der Waals surface area contributed by atoms with E-state index in [1.807, 2.05) is 6.92 Å². The third kappa shape index (κ3) is 3.41. The zero-order valence-corrected chi connectivity index (χ0v) is 19.7. The van der Waals surface area contributed by atoms with E-state index in [0.29, 0.717) is 23.7 Å². The fourth-order valence-corrected chi connectivity index (χ4v) is 6.17. The van der Waals surface area contributed by atoms with Crippen LogP contribution in [-0.4, -0.2) is 34.6 Å². The Balaban J connectivity index is 1.16. The van der Waals surface area contributed by atoms with Crippen molar-refractivity contribution in [2.45, 2.75) is 26.4 Å². The molecule has 0 radical (unpaired) electrons. The summed E-state index contributed by atoms with van der Waals surface area (Å²) in [5, 5.41) is 16.2. The summed E-state index contributed by atoms with van der Waals surface area (Å²) in [6.45, 7) is 2.48. The summed E-state index contributed by atoms with van der Waals surface area (Å²) in [7, 11) is 0. The molecule has 6 rings (SSSR count). The lowest BCUT2D eigenvalue weighted by Crippen LogP contribution is -2.30. The molecule has 0 N–H and O–H groups in total. The zero-order chi connectivity index (χ0) is 25.0. The molecular weight excluding hydrogens is 462 g/mol. The Labute approximate surface area is 207 Å². The molecule has 2 aromatic rings. The molecule has 2 bridgehead atoms. The summed E-state index contributed by atoms with van der Waals surface area (Å²) in [6, 6.07) is 11.4. The largest absolute Gasteiger partial charge is 0.490 e. The molecule has 1 spiro atoms. The number of ether oxygens (including phenoxy) is 2. The highest BCUT2D eigenvalue weighted by molar-refractivity contribution is 6.07. The van der Waals surface area contributed by atoms with Crippen LogP contribution in [0.1, 0.15) is 30.9 Å². The average molecular weight is 488 g/mol. The first-order valence-corrected chi connectivity index (χ1v) is 12.2. The van der Waals surface area contributed by atoms with Crippen LogP contribution in [0, 0.1) is 39.2 Å². The van der Waals surface area contributed by atoms with Crippen molar-refractivity contribution in [1.29, 1.82) is 0 Å². The van der Waals surface area contributed by atoms with Crippen molar-refractivity contribution in [3.63, 3.8) is 0 Å². The normalized spacial score (nSPS) is 26.8. The molecule has 3 aliphatic carbocycles. The number of amides is 2. The first-order valence-electron chi connectivity index (χ1n) is 12.2. The molecule has 1 heterocycles. The number of imide groups is 1. The van der Waals surface area contributed by atoms with Crippen LogP contribution in [-0.2, 0) is 16.2 Å². The van der Waals surface area contributed by atoms with E-state index in [9.17, 15) is 19.7 Å². The molecule has 4 aliphatic rings. The second-order valence-corrected chi connectivity index (χ2v) is 9.81. The Kier molecular flexibility index (Phi) is 5.17. The number of carbonyl (C=O) groups is 2. The van der Waals surface area contributed by atoms with Gasteiger partial charge >= 0.3 is 0 Å². The maximum Gasteiger partial charge on any atom is 0.269 e. The van der Waals surface area contributed by atoms with Crippen LogP contribution in [0.4, 0.5) is 5.69 Å². The molecule has 9 heteroatoms. The molecule has 3 fully saturated rings. The van der Waals surface area contributed by atoms with Gasteiger partial charge in [0.15, 0.2) is 11.5 Å². The number of rotatable bonds is 8. The van der Waals surface area contributed by atoms with Crippen molar-refractivity contribution in [2.75, 3.05) is 6.61 Å². The molecule has 2 saturated carbocycles. The molecule has 0 aromatic heterocycles. The van der Waals surface area contributed by atoms with Crippen LogP contribution >= 0.6 is 0 Å². The van der Waals surface area contributed by atoms with Gasteiger partial charge in [0.25, 0.3) is 17.5 Å². The lowest BCUT2D eigenvalue weighted by Gasteiger charge is -2.18. The van der Waals surface area contributed by atoms with Crippen LogP contribution in [0.5, 0.6) is 11.5 Å². The zero-order valence-electron chi connectivity index (χ0n) is 19.7. The minimum atomic E-state index is -0.446. The number of allylic oxidation sites excluding steroid dienone is 2. The summed E-state index contributed by atoms with van der Waals surface area (Å²) >= 11 is 0. The van der Waals surface area contributed by atoms with Gasteiger partial charge in [-0.25, -0.2) is 0 Å². The van der Waals surface area contributed by atoms with Gasteiger partial charge in [-0.2, -0.15) is 10.1 Å². The van der Waals surface area contributed by atoms with Crippen LogP contribution in [0.25, 0.3) is 0 Å². The van der Waals surface area contributed by atoms with E-state index in [4.69, 9.17) is 9.47 Å². The van der Waals surface area contributed by atoms with Crippen molar-refractivity contribution >= 4 is 23.7 Å². The van der Waals surface area contributed by atoms with Crippen molar-refractivity contribution in [3.8, 4) is 11.5 Å². The molecule has 184 valence electrons. The highest BCUT2D eigenvalue weighted by Crippen LogP contribution is 2.73. The average Bonchev–Trinajstić information content (AvgIpc) is 3.48. The van der Waals surface area contributed by atoms with Crippen molar-refractivity contribution in [1.82, 2.24) is 5.01 Å². The first kappa shape index (κ1) is 22.5. The van der Waals surface area contributed by atoms with Gasteiger partial charge < -0.3 is 9.47 Å². The van der Waals surface area contributed by atoms with E-state index in [1.165, 1.54) is 18.3 Å². The minimum Gasteiger partial charge on any atom is -0.490 e. The topological polar surface area (TPSA) is 111 Å². The van der Waals surface area contributed by atoms with Crippen molar-refractivity contribution in [2.24, 2.45) is 34.2 Å². The van der Waals surface area contributed by atoms with Crippen LogP contribution < -0.4 is 9.47 Å². The number of nitrogens with zero attached hydrogens (tertiary/aromatic N) is 3. The monoisotopic (exact) mass is 487 g/mol. The van der Waals surface area contributed by atoms with Gasteiger partial charge in [0, 0.05) is 12.1 Å². The highest BCUT2D eigenvalue weighted by Gasteiger charge is 2.73. The van der Waals surface area contributed by atoms with Crippen LogP contribution in [0.15, 0.2) is 59.7 Å². The van der Waals surface area contributed by atoms with Crippen LogP contribution in [0.3, 0.4) is 0 Å². The number of non-ortho nitro benzene ring substituents is 1. The van der Waals surface area contributed by atoms with Gasteiger partial charge in [-0.15, -0.1) is 0 Å². The number of nitro groups is 1. The molecule has 4 atom stereocenters. The van der Waals surface area contributed by atoms with Gasteiger partial charge in [-0.3, -0.25) is 19.7 Å². The summed E-state index contributed by atoms with van der Waals surface area (Å²) < 4.78 is 11.6. The van der Waals surface area contributed by atoms with E-state index < -0.39 is 4.92 Å². The summed E-state index contributed by atoms with van der Waals surface area (Å²) in [5.41, 5.74) is 1.62. The van der Waals surface area contributed by atoms with Gasteiger partial charge in [0.2, 0.25) is 0 Å². The second-order valence-electron chi connectivity index (χ2n) is 9.81. The van der Waals surface area contributed by atoms with Gasteiger partial charge in [0.05, 0.1) is 29.6 Å². The maximum atomic E-state index is 13.1. The lowest BCUT2D eigenvalue weighted by molar-refractivity contribution is -0.384. The first-order chi connectivity index (χ1) is 17.4. The smallest absolute Gasteiger partial charge is 0.269 e. The predicted octanol–water partition coefficient (Wildman–Crippen LogP) is 4.10. The molecule has 2 amide bonds. The Morgan fingerprint density at radius 2 is 1.69 bits per heavy atom. The number of fused-ring (bicyclic) bond motifs is 3. The number of hydrazone groups is 1. The second kappa shape index (κ2) is 8.29. The fourth-order valence-electron chi connectivity index (χ4n) is 6.17. The maximum absolute atomic E-state index is 13.1. The van der Waals surface area contributed by atoms with Crippen LogP contribution in [0.2, 0.25) is 0 Å². The molecular formula is C27H25N3O6. The highest BCUT2D eigenvalue weighted by atomic mass is 16.6. The van der Waals surface area contributed by atoms with E-state index in [-0.39, 0.29) is 53.2 Å². The Morgan fingerprint density at radius 1 is 1.03 bits per heavy atom. The molecule has 9 nitrogen and oxygen atoms in total. The van der Waals surface area contributed by atoms with Gasteiger partial charge in [-0.1, -0.05) is 12.2 Å². The Bertz CT molecular complexity index is 1280. The number of hydrogen-bond acceptors (Lipinski definition) is 7. The molecule has 1 saturated heterocycles. The standard InChI is InChI=1S/C27H25N3O6/c1-2-35-22-13-17(5-10-21(22)36-15-16-3-6-18(7-4-16)30(33)34)14-28-29-25(31)23-19-8-9-20(24(23)26(29)32)27(19)11-12-27/h3-10,13-14,19-20,23-24H,2,11-12,15H2,1H3. The molecule has 4 unspecified atom stereocenters. The molecule has 2 aromatic carbocycles. The quantitative estimate of drug-likeness (QED) is 0.182. The Hall–Kier alpha value is -4.01. The molecule has 36 heavy (non-hydrogen) atoms. The van der Waals surface area contributed by atoms with Crippen molar-refractivity contribution in [3.05, 3.63) is 75.9 Å². The van der Waals surface area contributed by atoms with Crippen molar-refractivity contribution < 1.29 is 24.0 Å². The minimum absolute atomic E-state index is 0.0203. The number of carbonyl (C=O) groups excluding carboxylic acids is 2. The number of nitro benzene ring substituents is 1. The summed E-state index contributed by atoms with van der Waals surface area (Å²) in [6.07, 6.45) is 7.99. The van der Waals surface area contributed by atoms with Gasteiger partial charge in [-0.05, 0) is 78.5 Å². The molecule has 1 aliphatic heterocycles. The predicted molar refractivity (Wildman–Crippen MR) is 129 cm³/mol. The number of benzene rings is 2. The van der Waals surface area contributed by atoms with E-state index in [2.05, 4.69) is 17.3 Å². The van der Waals surface area contributed by atoms with E-state index >= 15 is 0 Å². The fraction of sp³-hybridized carbons (Fsp3) is 0.370. The number of hydrogen-bond donors (Lipinski definition) is 0. The lowest BCUT2D eigenvalue weighted by atomic mass is 9.85. The SMILES string of the molecule is CCOc1cc(C=NN2C(=O)C3C(C2=O)C2C=CC3C23CC3)ccc1OCc1ccc([N+](=O)[O-])cc1. The van der Waals surface area contributed by atoms with Gasteiger partial charge in [0.1, 0.15) is 6.61 Å².